The third-order valence-corrected chi connectivity index (χ3v) is 2.91. The number of hydrogen-bond donors (Lipinski definition) is 1. The van der Waals surface area contributed by atoms with Crippen molar-refractivity contribution in [1.82, 2.24) is 0 Å². The predicted octanol–water partition coefficient (Wildman–Crippen LogP) is 2.93. The summed E-state index contributed by atoms with van der Waals surface area (Å²) in [6.45, 7) is 0.0970. The molecule has 0 atom stereocenters. The van der Waals surface area contributed by atoms with E-state index in [-0.39, 0.29) is 18.0 Å². The van der Waals surface area contributed by atoms with Crippen LogP contribution >= 0.6 is 0 Å². The second-order valence-corrected chi connectivity index (χ2v) is 4.31. The van der Waals surface area contributed by atoms with Crippen molar-refractivity contribution < 1.29 is 19.5 Å². The minimum atomic E-state index is -0.508. The second-order valence-electron chi connectivity index (χ2n) is 4.31. The highest BCUT2D eigenvalue weighted by atomic mass is 16.6. The van der Waals surface area contributed by atoms with Crippen LogP contribution in [0.2, 0.25) is 0 Å². The molecule has 0 aromatic heterocycles. The molecule has 2 rings (SSSR count). The lowest BCUT2D eigenvalue weighted by Gasteiger charge is -2.08. The van der Waals surface area contributed by atoms with Gasteiger partial charge in [-0.05, 0) is 30.2 Å². The van der Waals surface area contributed by atoms with Gasteiger partial charge < -0.3 is 14.6 Å². The molecule has 0 bridgehead atoms. The predicted molar refractivity (Wildman–Crippen MR) is 77.0 cm³/mol. The fourth-order valence-corrected chi connectivity index (χ4v) is 1.86. The van der Waals surface area contributed by atoms with Crippen molar-refractivity contribution in [3.8, 4) is 17.2 Å². The van der Waals surface area contributed by atoms with E-state index in [9.17, 15) is 10.1 Å². The smallest absolute Gasteiger partial charge is 0.311 e. The largest absolute Gasteiger partial charge is 0.490 e. The Balaban J connectivity index is 2.17. The van der Waals surface area contributed by atoms with Gasteiger partial charge in [-0.25, -0.2) is 0 Å². The molecule has 6 heteroatoms. The van der Waals surface area contributed by atoms with E-state index in [1.807, 2.05) is 12.1 Å². The SMILES string of the molecule is COc1cc(Oc2ccc(CCO)cc2)ccc1[N+](=O)[O-]. The number of nitro benzene ring substituents is 1. The van der Waals surface area contributed by atoms with Crippen molar-refractivity contribution in [2.75, 3.05) is 13.7 Å². The molecule has 0 saturated heterocycles. The molecule has 0 saturated carbocycles. The molecule has 0 heterocycles. The molecule has 0 spiro atoms. The highest BCUT2D eigenvalue weighted by Gasteiger charge is 2.15. The van der Waals surface area contributed by atoms with Crippen LogP contribution in [0.3, 0.4) is 0 Å². The number of nitrogens with zero attached hydrogens (tertiary/aromatic N) is 1. The van der Waals surface area contributed by atoms with Gasteiger partial charge in [0, 0.05) is 18.7 Å². The number of methoxy groups -OCH3 is 1. The van der Waals surface area contributed by atoms with Crippen LogP contribution in [0.1, 0.15) is 5.56 Å². The summed E-state index contributed by atoms with van der Waals surface area (Å²) in [5.74, 6) is 1.20. The lowest BCUT2D eigenvalue weighted by atomic mass is 10.1. The Morgan fingerprint density at radius 2 is 1.81 bits per heavy atom. The maximum absolute atomic E-state index is 10.8. The summed E-state index contributed by atoms with van der Waals surface area (Å²) in [5.41, 5.74) is 0.897. The number of rotatable bonds is 6. The fourth-order valence-electron chi connectivity index (χ4n) is 1.86. The zero-order valence-electron chi connectivity index (χ0n) is 11.5. The summed E-state index contributed by atoms with van der Waals surface area (Å²) in [6, 6.07) is 11.6. The van der Waals surface area contributed by atoms with E-state index < -0.39 is 4.92 Å². The molecule has 2 aromatic rings. The van der Waals surface area contributed by atoms with Gasteiger partial charge in [0.1, 0.15) is 11.5 Å². The Bertz CT molecular complexity index is 624. The van der Waals surface area contributed by atoms with Gasteiger partial charge in [-0.1, -0.05) is 12.1 Å². The molecule has 21 heavy (non-hydrogen) atoms. The van der Waals surface area contributed by atoms with Crippen LogP contribution < -0.4 is 9.47 Å². The van der Waals surface area contributed by atoms with Gasteiger partial charge in [-0.2, -0.15) is 0 Å². The molecule has 1 N–H and O–H groups in total. The van der Waals surface area contributed by atoms with Crippen LogP contribution in [0.5, 0.6) is 17.2 Å². The van der Waals surface area contributed by atoms with Crippen molar-refractivity contribution in [2.45, 2.75) is 6.42 Å². The molecule has 0 fully saturated rings. The summed E-state index contributed by atoms with van der Waals surface area (Å²) in [5, 5.41) is 19.7. The first-order valence-electron chi connectivity index (χ1n) is 6.34. The van der Waals surface area contributed by atoms with Gasteiger partial charge in [0.05, 0.1) is 12.0 Å². The first-order chi connectivity index (χ1) is 10.1. The van der Waals surface area contributed by atoms with Crippen LogP contribution in [-0.4, -0.2) is 23.7 Å². The fraction of sp³-hybridized carbons (Fsp3) is 0.200. The van der Waals surface area contributed by atoms with Crippen molar-refractivity contribution in [3.63, 3.8) is 0 Å². The van der Waals surface area contributed by atoms with Crippen LogP contribution in [0, 0.1) is 10.1 Å². The van der Waals surface area contributed by atoms with Crippen molar-refractivity contribution in [3.05, 3.63) is 58.1 Å². The average molecular weight is 289 g/mol. The van der Waals surface area contributed by atoms with E-state index in [2.05, 4.69) is 0 Å². The summed E-state index contributed by atoms with van der Waals surface area (Å²) in [4.78, 5) is 10.3. The Kier molecular flexibility index (Phi) is 4.73. The molecule has 6 nitrogen and oxygen atoms in total. The number of nitro groups is 1. The molecule has 0 aliphatic rings. The minimum absolute atomic E-state index is 0.0970. The highest BCUT2D eigenvalue weighted by molar-refractivity contribution is 5.51. The maximum Gasteiger partial charge on any atom is 0.311 e. The third kappa shape index (κ3) is 3.70. The van der Waals surface area contributed by atoms with Crippen molar-refractivity contribution in [2.24, 2.45) is 0 Å². The van der Waals surface area contributed by atoms with Crippen molar-refractivity contribution >= 4 is 5.69 Å². The normalized spacial score (nSPS) is 10.2. The van der Waals surface area contributed by atoms with Gasteiger partial charge in [-0.15, -0.1) is 0 Å². The van der Waals surface area contributed by atoms with E-state index in [0.29, 0.717) is 17.9 Å². The first kappa shape index (κ1) is 14.8. The summed E-state index contributed by atoms with van der Waals surface area (Å²) in [6.07, 6.45) is 0.589. The zero-order chi connectivity index (χ0) is 15.2. The van der Waals surface area contributed by atoms with E-state index in [0.717, 1.165) is 5.56 Å². The Hall–Kier alpha value is -2.60. The van der Waals surface area contributed by atoms with Crippen LogP contribution in [-0.2, 0) is 6.42 Å². The molecular weight excluding hydrogens is 274 g/mol. The quantitative estimate of drug-likeness (QED) is 0.653. The second kappa shape index (κ2) is 6.71. The molecule has 0 radical (unpaired) electrons. The molecule has 0 aliphatic heterocycles. The summed E-state index contributed by atoms with van der Waals surface area (Å²) < 4.78 is 10.6. The van der Waals surface area contributed by atoms with Gasteiger partial charge in [0.2, 0.25) is 5.75 Å². The number of aliphatic hydroxyl groups is 1. The van der Waals surface area contributed by atoms with Gasteiger partial charge in [0.25, 0.3) is 0 Å². The number of hydrogen-bond acceptors (Lipinski definition) is 5. The van der Waals surface area contributed by atoms with Gasteiger partial charge in [0.15, 0.2) is 0 Å². The van der Waals surface area contributed by atoms with E-state index >= 15 is 0 Å². The number of benzene rings is 2. The molecule has 0 unspecified atom stereocenters. The van der Waals surface area contributed by atoms with Gasteiger partial charge >= 0.3 is 5.69 Å². The Morgan fingerprint density at radius 1 is 1.14 bits per heavy atom. The monoisotopic (exact) mass is 289 g/mol. The Morgan fingerprint density at radius 3 is 2.38 bits per heavy atom. The van der Waals surface area contributed by atoms with E-state index in [1.165, 1.54) is 25.3 Å². The molecular formula is C15H15NO5. The summed E-state index contributed by atoms with van der Waals surface area (Å²) >= 11 is 0. The maximum atomic E-state index is 10.8. The summed E-state index contributed by atoms with van der Waals surface area (Å²) in [7, 11) is 1.37. The lowest BCUT2D eigenvalue weighted by Crippen LogP contribution is -1.94. The van der Waals surface area contributed by atoms with Crippen molar-refractivity contribution in [1.29, 1.82) is 0 Å². The molecule has 0 amide bonds. The molecule has 2 aromatic carbocycles. The van der Waals surface area contributed by atoms with Crippen LogP contribution in [0.15, 0.2) is 42.5 Å². The number of aliphatic hydroxyl groups excluding tert-OH is 1. The zero-order valence-corrected chi connectivity index (χ0v) is 11.5. The van der Waals surface area contributed by atoms with E-state index in [4.69, 9.17) is 14.6 Å². The standard InChI is InChI=1S/C15H15NO5/c1-20-15-10-13(6-7-14(15)16(18)19)21-12-4-2-11(3-5-12)8-9-17/h2-7,10,17H,8-9H2,1H3. The minimum Gasteiger partial charge on any atom is -0.490 e. The van der Waals surface area contributed by atoms with Gasteiger partial charge in [-0.3, -0.25) is 10.1 Å². The first-order valence-corrected chi connectivity index (χ1v) is 6.34. The third-order valence-electron chi connectivity index (χ3n) is 2.91. The lowest BCUT2D eigenvalue weighted by molar-refractivity contribution is -0.385. The number of ether oxygens (including phenoxy) is 2. The molecule has 0 aliphatic carbocycles. The molecule has 110 valence electrons. The van der Waals surface area contributed by atoms with Crippen LogP contribution in [0.4, 0.5) is 5.69 Å². The topological polar surface area (TPSA) is 81.8 Å². The highest BCUT2D eigenvalue weighted by Crippen LogP contribution is 2.32. The average Bonchev–Trinajstić information content (AvgIpc) is 2.49. The van der Waals surface area contributed by atoms with Crippen LogP contribution in [0.25, 0.3) is 0 Å². The Labute approximate surface area is 121 Å². The van der Waals surface area contributed by atoms with E-state index in [1.54, 1.807) is 12.1 Å².